The number of nitrogens with one attached hydrogen (secondary N) is 1. The van der Waals surface area contributed by atoms with Gasteiger partial charge in [0.15, 0.2) is 11.5 Å². The summed E-state index contributed by atoms with van der Waals surface area (Å²) >= 11 is 0. The van der Waals surface area contributed by atoms with Crippen LogP contribution in [0, 0.1) is 11.6 Å². The van der Waals surface area contributed by atoms with E-state index in [1.54, 1.807) is 9.80 Å². The number of anilines is 2. The number of halogens is 2. The number of amides is 2. The van der Waals surface area contributed by atoms with Gasteiger partial charge in [0.1, 0.15) is 17.3 Å². The molecule has 7 nitrogen and oxygen atoms in total. The Bertz CT molecular complexity index is 756. The molecule has 1 N–H and O–H groups in total. The SMILES string of the molecule is O=CN1CCN(C(=O)c2ccc(Nc3c(F)cccc3F)nn2)CC1. The number of carbonyl (C=O) groups excluding carboxylic acids is 2. The lowest BCUT2D eigenvalue weighted by atomic mass is 10.2. The second-order valence-corrected chi connectivity index (χ2v) is 5.46. The minimum Gasteiger partial charge on any atom is -0.342 e. The zero-order chi connectivity index (χ0) is 17.8. The molecular formula is C16H15F2N5O2. The summed E-state index contributed by atoms with van der Waals surface area (Å²) in [5.74, 6) is -1.70. The van der Waals surface area contributed by atoms with E-state index in [9.17, 15) is 18.4 Å². The molecule has 1 aromatic heterocycles. The topological polar surface area (TPSA) is 78.4 Å². The predicted molar refractivity (Wildman–Crippen MR) is 85.2 cm³/mol. The number of rotatable bonds is 4. The zero-order valence-corrected chi connectivity index (χ0v) is 13.2. The Labute approximate surface area is 142 Å². The first-order valence-corrected chi connectivity index (χ1v) is 7.62. The van der Waals surface area contributed by atoms with Gasteiger partial charge in [0.25, 0.3) is 5.91 Å². The monoisotopic (exact) mass is 347 g/mol. The number of aromatic nitrogens is 2. The lowest BCUT2D eigenvalue weighted by Gasteiger charge is -2.32. The fraction of sp³-hybridized carbons (Fsp3) is 0.250. The summed E-state index contributed by atoms with van der Waals surface area (Å²) in [6, 6.07) is 6.36. The van der Waals surface area contributed by atoms with Crippen LogP contribution in [0.4, 0.5) is 20.3 Å². The van der Waals surface area contributed by atoms with Crippen molar-refractivity contribution < 1.29 is 18.4 Å². The largest absolute Gasteiger partial charge is 0.342 e. The van der Waals surface area contributed by atoms with Crippen LogP contribution < -0.4 is 5.32 Å². The Morgan fingerprint density at radius 3 is 2.28 bits per heavy atom. The molecule has 1 aliphatic heterocycles. The molecule has 2 aromatic rings. The average molecular weight is 347 g/mol. The number of benzene rings is 1. The Morgan fingerprint density at radius 2 is 1.72 bits per heavy atom. The molecule has 0 atom stereocenters. The van der Waals surface area contributed by atoms with Crippen LogP contribution in [0.5, 0.6) is 0 Å². The Morgan fingerprint density at radius 1 is 1.04 bits per heavy atom. The molecule has 0 saturated carbocycles. The highest BCUT2D eigenvalue weighted by Crippen LogP contribution is 2.21. The Kier molecular flexibility index (Phi) is 4.82. The highest BCUT2D eigenvalue weighted by atomic mass is 19.1. The molecule has 1 aliphatic rings. The summed E-state index contributed by atoms with van der Waals surface area (Å²) < 4.78 is 27.2. The summed E-state index contributed by atoms with van der Waals surface area (Å²) in [6.45, 7) is 1.77. The normalized spacial score (nSPS) is 14.3. The van der Waals surface area contributed by atoms with Crippen LogP contribution in [-0.2, 0) is 4.79 Å². The Hall–Kier alpha value is -3.10. The summed E-state index contributed by atoms with van der Waals surface area (Å²) in [5.41, 5.74) is -0.208. The van der Waals surface area contributed by atoms with E-state index in [-0.39, 0.29) is 23.1 Å². The van der Waals surface area contributed by atoms with Crippen LogP contribution in [0.2, 0.25) is 0 Å². The third-order valence-electron chi connectivity index (χ3n) is 3.85. The maximum absolute atomic E-state index is 13.6. The zero-order valence-electron chi connectivity index (χ0n) is 13.2. The molecule has 1 aromatic carbocycles. The van der Waals surface area contributed by atoms with Gasteiger partial charge in [-0.05, 0) is 24.3 Å². The van der Waals surface area contributed by atoms with Crippen molar-refractivity contribution in [1.29, 1.82) is 0 Å². The van der Waals surface area contributed by atoms with Gasteiger partial charge >= 0.3 is 0 Å². The summed E-state index contributed by atoms with van der Waals surface area (Å²) in [5, 5.41) is 10.1. The van der Waals surface area contributed by atoms with Crippen molar-refractivity contribution in [2.45, 2.75) is 0 Å². The highest BCUT2D eigenvalue weighted by molar-refractivity contribution is 5.92. The van der Waals surface area contributed by atoms with Crippen molar-refractivity contribution in [2.75, 3.05) is 31.5 Å². The third kappa shape index (κ3) is 3.70. The van der Waals surface area contributed by atoms with Crippen molar-refractivity contribution in [2.24, 2.45) is 0 Å². The number of hydrogen-bond donors (Lipinski definition) is 1. The summed E-state index contributed by atoms with van der Waals surface area (Å²) in [7, 11) is 0. The van der Waals surface area contributed by atoms with E-state index in [0.29, 0.717) is 26.2 Å². The van der Waals surface area contributed by atoms with E-state index in [4.69, 9.17) is 0 Å². The molecule has 2 amide bonds. The van der Waals surface area contributed by atoms with Crippen LogP contribution >= 0.6 is 0 Å². The Balaban J connectivity index is 1.68. The van der Waals surface area contributed by atoms with Crippen LogP contribution in [0.3, 0.4) is 0 Å². The molecule has 0 unspecified atom stereocenters. The molecule has 9 heteroatoms. The second kappa shape index (κ2) is 7.20. The number of carbonyl (C=O) groups is 2. The minimum absolute atomic E-state index is 0.117. The van der Waals surface area contributed by atoms with Crippen LogP contribution in [-0.4, -0.2) is 58.5 Å². The molecule has 25 heavy (non-hydrogen) atoms. The first-order chi connectivity index (χ1) is 12.1. The lowest BCUT2D eigenvalue weighted by molar-refractivity contribution is -0.119. The first kappa shape index (κ1) is 16.7. The highest BCUT2D eigenvalue weighted by Gasteiger charge is 2.22. The molecule has 2 heterocycles. The smallest absolute Gasteiger partial charge is 0.274 e. The van der Waals surface area contributed by atoms with E-state index < -0.39 is 11.6 Å². The fourth-order valence-electron chi connectivity index (χ4n) is 2.45. The van der Waals surface area contributed by atoms with Crippen LogP contribution in [0.25, 0.3) is 0 Å². The maximum Gasteiger partial charge on any atom is 0.274 e. The fourth-order valence-corrected chi connectivity index (χ4v) is 2.45. The van der Waals surface area contributed by atoms with Crippen molar-refractivity contribution in [3.63, 3.8) is 0 Å². The third-order valence-corrected chi connectivity index (χ3v) is 3.85. The van der Waals surface area contributed by atoms with E-state index >= 15 is 0 Å². The average Bonchev–Trinajstić information content (AvgIpc) is 2.65. The molecule has 0 aliphatic carbocycles. The van der Waals surface area contributed by atoms with Gasteiger partial charge in [0, 0.05) is 26.2 Å². The maximum atomic E-state index is 13.6. The van der Waals surface area contributed by atoms with Gasteiger partial charge in [0.05, 0.1) is 0 Å². The predicted octanol–water partition coefficient (Wildman–Crippen LogP) is 1.41. The van der Waals surface area contributed by atoms with Crippen LogP contribution in [0.15, 0.2) is 30.3 Å². The molecule has 0 radical (unpaired) electrons. The van der Waals surface area contributed by atoms with Gasteiger partial charge in [-0.2, -0.15) is 0 Å². The number of nitrogens with zero attached hydrogens (tertiary/aromatic N) is 4. The minimum atomic E-state index is -0.755. The number of piperazine rings is 1. The van der Waals surface area contributed by atoms with Crippen molar-refractivity contribution in [1.82, 2.24) is 20.0 Å². The summed E-state index contributed by atoms with van der Waals surface area (Å²) in [6.07, 6.45) is 0.754. The van der Waals surface area contributed by atoms with Gasteiger partial charge < -0.3 is 15.1 Å². The summed E-state index contributed by atoms with van der Waals surface area (Å²) in [4.78, 5) is 26.2. The van der Waals surface area contributed by atoms with Gasteiger partial charge in [-0.1, -0.05) is 6.07 Å². The molecular weight excluding hydrogens is 332 g/mol. The van der Waals surface area contributed by atoms with Crippen molar-refractivity contribution in [3.05, 3.63) is 47.7 Å². The molecule has 0 bridgehead atoms. The molecule has 0 spiro atoms. The standard InChI is InChI=1S/C16H15F2N5O2/c17-11-2-1-3-12(18)15(11)19-14-5-4-13(20-21-14)16(25)23-8-6-22(10-24)7-9-23/h1-5,10H,6-9H2,(H,19,21). The van der Waals surface area contributed by atoms with E-state index in [2.05, 4.69) is 15.5 Å². The number of hydrogen-bond acceptors (Lipinski definition) is 5. The lowest BCUT2D eigenvalue weighted by Crippen LogP contribution is -2.48. The quantitative estimate of drug-likeness (QED) is 0.846. The van der Waals surface area contributed by atoms with Crippen LogP contribution in [0.1, 0.15) is 10.5 Å². The van der Waals surface area contributed by atoms with Gasteiger partial charge in [-0.3, -0.25) is 9.59 Å². The molecule has 130 valence electrons. The second-order valence-electron chi connectivity index (χ2n) is 5.46. The first-order valence-electron chi connectivity index (χ1n) is 7.62. The van der Waals surface area contributed by atoms with Crippen molar-refractivity contribution >= 4 is 23.8 Å². The van der Waals surface area contributed by atoms with E-state index in [1.807, 2.05) is 0 Å². The van der Waals surface area contributed by atoms with Gasteiger partial charge in [-0.25, -0.2) is 8.78 Å². The van der Waals surface area contributed by atoms with Crippen molar-refractivity contribution in [3.8, 4) is 0 Å². The molecule has 1 saturated heterocycles. The van der Waals surface area contributed by atoms with Gasteiger partial charge in [0.2, 0.25) is 6.41 Å². The van der Waals surface area contributed by atoms with Gasteiger partial charge in [-0.15, -0.1) is 10.2 Å². The molecule has 1 fully saturated rings. The van der Waals surface area contributed by atoms with E-state index in [1.165, 1.54) is 18.2 Å². The van der Waals surface area contributed by atoms with E-state index in [0.717, 1.165) is 18.5 Å². The number of para-hydroxylation sites is 1. The molecule has 3 rings (SSSR count).